The van der Waals surface area contributed by atoms with Crippen molar-refractivity contribution in [2.75, 3.05) is 0 Å². The topological polar surface area (TPSA) is 63.6 Å². The number of aliphatic hydroxyl groups is 1. The molecule has 2 atom stereocenters. The van der Waals surface area contributed by atoms with Gasteiger partial charge in [-0.1, -0.05) is 56.2 Å². The monoisotopic (exact) mass is 318 g/mol. The van der Waals surface area contributed by atoms with Gasteiger partial charge in [-0.15, -0.1) is 0 Å². The molecular formula is C19H26O4. The number of carbonyl (C=O) groups excluding carboxylic acids is 2. The number of aliphatic hydroxyl groups excluding tert-OH is 1. The molecule has 0 saturated heterocycles. The lowest BCUT2D eigenvalue weighted by Crippen LogP contribution is -2.11. The maximum absolute atomic E-state index is 11.9. The van der Waals surface area contributed by atoms with E-state index in [9.17, 15) is 14.7 Å². The van der Waals surface area contributed by atoms with Crippen LogP contribution in [0.25, 0.3) is 0 Å². The summed E-state index contributed by atoms with van der Waals surface area (Å²) in [6, 6.07) is 9.11. The molecule has 0 spiro atoms. The predicted octanol–water partition coefficient (Wildman–Crippen LogP) is 3.75. The van der Waals surface area contributed by atoms with E-state index in [1.54, 1.807) is 18.2 Å². The first kappa shape index (κ1) is 19.1. The van der Waals surface area contributed by atoms with Gasteiger partial charge in [0, 0.05) is 12.8 Å². The second kappa shape index (κ2) is 11.6. The van der Waals surface area contributed by atoms with Crippen molar-refractivity contribution >= 4 is 12.3 Å². The summed E-state index contributed by atoms with van der Waals surface area (Å²) in [5.41, 5.74) is 0.732. The Kier molecular flexibility index (Phi) is 9.64. The number of ketones is 1. The predicted molar refractivity (Wildman–Crippen MR) is 89.9 cm³/mol. The molecule has 1 aromatic carbocycles. The first-order chi connectivity index (χ1) is 11.2. The van der Waals surface area contributed by atoms with E-state index in [1.165, 1.54) is 6.08 Å². The summed E-state index contributed by atoms with van der Waals surface area (Å²) in [6.07, 6.45) is 6.81. The SMILES string of the molecule is CCCCC[C@H](C/C=C/C(=O)C[C@H](O)c1ccccc1)OC=O. The van der Waals surface area contributed by atoms with Gasteiger partial charge in [0.2, 0.25) is 0 Å². The summed E-state index contributed by atoms with van der Waals surface area (Å²) in [7, 11) is 0. The van der Waals surface area contributed by atoms with Crippen molar-refractivity contribution in [3.05, 3.63) is 48.0 Å². The Morgan fingerprint density at radius 2 is 2.00 bits per heavy atom. The van der Waals surface area contributed by atoms with Crippen LogP contribution in [0.5, 0.6) is 0 Å². The van der Waals surface area contributed by atoms with Crippen LogP contribution < -0.4 is 0 Å². The van der Waals surface area contributed by atoms with Gasteiger partial charge in [-0.05, 0) is 24.5 Å². The highest BCUT2D eigenvalue weighted by atomic mass is 16.5. The van der Waals surface area contributed by atoms with Gasteiger partial charge in [0.25, 0.3) is 6.47 Å². The molecule has 0 radical (unpaired) electrons. The van der Waals surface area contributed by atoms with E-state index in [2.05, 4.69) is 6.92 Å². The van der Waals surface area contributed by atoms with E-state index in [1.807, 2.05) is 18.2 Å². The lowest BCUT2D eigenvalue weighted by Gasteiger charge is -2.12. The third kappa shape index (κ3) is 8.31. The molecule has 1 rings (SSSR count). The minimum atomic E-state index is -0.792. The average Bonchev–Trinajstić information content (AvgIpc) is 2.56. The molecule has 0 aliphatic heterocycles. The third-order valence-electron chi connectivity index (χ3n) is 3.66. The second-order valence-electron chi connectivity index (χ2n) is 5.59. The molecule has 23 heavy (non-hydrogen) atoms. The molecule has 4 heteroatoms. The molecule has 0 unspecified atom stereocenters. The third-order valence-corrected chi connectivity index (χ3v) is 3.66. The molecule has 0 aromatic heterocycles. The zero-order chi connectivity index (χ0) is 16.9. The van der Waals surface area contributed by atoms with Crippen molar-refractivity contribution in [1.29, 1.82) is 0 Å². The Morgan fingerprint density at radius 1 is 1.26 bits per heavy atom. The van der Waals surface area contributed by atoms with Crippen LogP contribution in [-0.4, -0.2) is 23.5 Å². The van der Waals surface area contributed by atoms with Gasteiger partial charge < -0.3 is 9.84 Å². The van der Waals surface area contributed by atoms with Crippen LogP contribution in [-0.2, 0) is 14.3 Å². The highest BCUT2D eigenvalue weighted by Crippen LogP contribution is 2.16. The Hall–Kier alpha value is -1.94. The van der Waals surface area contributed by atoms with E-state index < -0.39 is 6.10 Å². The van der Waals surface area contributed by atoms with E-state index in [4.69, 9.17) is 4.74 Å². The fourth-order valence-corrected chi connectivity index (χ4v) is 2.34. The molecule has 1 aromatic rings. The van der Waals surface area contributed by atoms with Gasteiger partial charge >= 0.3 is 0 Å². The van der Waals surface area contributed by atoms with Gasteiger partial charge in [0.15, 0.2) is 5.78 Å². The van der Waals surface area contributed by atoms with Crippen molar-refractivity contribution in [2.45, 2.75) is 57.7 Å². The van der Waals surface area contributed by atoms with Gasteiger partial charge in [-0.25, -0.2) is 0 Å². The summed E-state index contributed by atoms with van der Waals surface area (Å²) in [5.74, 6) is -0.139. The van der Waals surface area contributed by atoms with Gasteiger partial charge in [-0.3, -0.25) is 9.59 Å². The highest BCUT2D eigenvalue weighted by Gasteiger charge is 2.11. The molecule has 0 saturated carbocycles. The Balaban J connectivity index is 2.39. The van der Waals surface area contributed by atoms with E-state index in [0.717, 1.165) is 31.2 Å². The quantitative estimate of drug-likeness (QED) is 0.362. The van der Waals surface area contributed by atoms with Crippen LogP contribution in [0.2, 0.25) is 0 Å². The number of ether oxygens (including phenoxy) is 1. The summed E-state index contributed by atoms with van der Waals surface area (Å²) < 4.78 is 5.03. The van der Waals surface area contributed by atoms with Crippen molar-refractivity contribution < 1.29 is 19.4 Å². The fourth-order valence-electron chi connectivity index (χ4n) is 2.34. The summed E-state index contributed by atoms with van der Waals surface area (Å²) >= 11 is 0. The minimum Gasteiger partial charge on any atom is -0.464 e. The van der Waals surface area contributed by atoms with E-state index in [0.29, 0.717) is 12.9 Å². The van der Waals surface area contributed by atoms with E-state index in [-0.39, 0.29) is 18.3 Å². The lowest BCUT2D eigenvalue weighted by atomic mass is 10.0. The largest absolute Gasteiger partial charge is 0.464 e. The van der Waals surface area contributed by atoms with Crippen LogP contribution in [0.4, 0.5) is 0 Å². The van der Waals surface area contributed by atoms with Gasteiger partial charge in [0.1, 0.15) is 6.10 Å². The van der Waals surface area contributed by atoms with Crippen LogP contribution in [0, 0.1) is 0 Å². The fraction of sp³-hybridized carbons (Fsp3) is 0.474. The summed E-state index contributed by atoms with van der Waals surface area (Å²) in [4.78, 5) is 22.4. The number of rotatable bonds is 12. The zero-order valence-corrected chi connectivity index (χ0v) is 13.7. The van der Waals surface area contributed by atoms with Gasteiger partial charge in [0.05, 0.1) is 6.10 Å². The van der Waals surface area contributed by atoms with Crippen molar-refractivity contribution in [2.24, 2.45) is 0 Å². The molecule has 126 valence electrons. The van der Waals surface area contributed by atoms with E-state index >= 15 is 0 Å². The molecule has 0 bridgehead atoms. The molecule has 0 amide bonds. The smallest absolute Gasteiger partial charge is 0.293 e. The molecular weight excluding hydrogens is 292 g/mol. The standard InChI is InChI=1S/C19H26O4/c1-2-3-5-12-18(23-15-20)13-8-11-17(21)14-19(22)16-9-6-4-7-10-16/h4,6-11,15,18-19,22H,2-3,5,12-14H2,1H3/b11-8+/t18-,19+/m1/s1. The minimum absolute atomic E-state index is 0.0511. The van der Waals surface area contributed by atoms with Crippen molar-refractivity contribution in [1.82, 2.24) is 0 Å². The second-order valence-corrected chi connectivity index (χ2v) is 5.59. The van der Waals surface area contributed by atoms with Crippen LogP contribution in [0.15, 0.2) is 42.5 Å². The first-order valence-corrected chi connectivity index (χ1v) is 8.18. The number of benzene rings is 1. The first-order valence-electron chi connectivity index (χ1n) is 8.18. The number of unbranched alkanes of at least 4 members (excludes halogenated alkanes) is 2. The number of hydrogen-bond donors (Lipinski definition) is 1. The summed E-state index contributed by atoms with van der Waals surface area (Å²) in [6.45, 7) is 2.58. The Morgan fingerprint density at radius 3 is 2.65 bits per heavy atom. The molecule has 0 fully saturated rings. The lowest BCUT2D eigenvalue weighted by molar-refractivity contribution is -0.133. The molecule has 0 aliphatic carbocycles. The van der Waals surface area contributed by atoms with Crippen LogP contribution in [0.1, 0.15) is 57.1 Å². The Bertz CT molecular complexity index is 481. The number of allylic oxidation sites excluding steroid dienone is 1. The molecule has 0 heterocycles. The zero-order valence-electron chi connectivity index (χ0n) is 13.7. The maximum atomic E-state index is 11.9. The van der Waals surface area contributed by atoms with Gasteiger partial charge in [-0.2, -0.15) is 0 Å². The van der Waals surface area contributed by atoms with Crippen molar-refractivity contribution in [3.8, 4) is 0 Å². The van der Waals surface area contributed by atoms with Crippen molar-refractivity contribution in [3.63, 3.8) is 0 Å². The average molecular weight is 318 g/mol. The number of hydrogen-bond acceptors (Lipinski definition) is 4. The normalized spacial score (nSPS) is 13.7. The number of carbonyl (C=O) groups is 2. The van der Waals surface area contributed by atoms with Crippen LogP contribution in [0.3, 0.4) is 0 Å². The highest BCUT2D eigenvalue weighted by molar-refractivity contribution is 5.90. The summed E-state index contributed by atoms with van der Waals surface area (Å²) in [5, 5.41) is 10.0. The maximum Gasteiger partial charge on any atom is 0.293 e. The molecule has 1 N–H and O–H groups in total. The molecule has 0 aliphatic rings. The Labute approximate surface area is 138 Å². The van der Waals surface area contributed by atoms with Crippen LogP contribution >= 0.6 is 0 Å². The molecule has 4 nitrogen and oxygen atoms in total.